The molecular weight excluding hydrogens is 442 g/mol. The Hall–Kier alpha value is -3.82. The normalized spacial score (nSPS) is 12.6. The lowest BCUT2D eigenvalue weighted by atomic mass is 9.94. The number of aromatic nitrogens is 1. The Labute approximate surface area is 201 Å². The predicted octanol–water partition coefficient (Wildman–Crippen LogP) is 4.86. The van der Waals surface area contributed by atoms with Gasteiger partial charge in [-0.05, 0) is 23.6 Å². The Morgan fingerprint density at radius 2 is 1.65 bits per heavy atom. The number of hydrogen-bond acceptors (Lipinski definition) is 4. The minimum Gasteiger partial charge on any atom is -0.350 e. The summed E-state index contributed by atoms with van der Waals surface area (Å²) >= 11 is 0. The first kappa shape index (κ1) is 23.3. The Balaban J connectivity index is 1.79. The summed E-state index contributed by atoms with van der Waals surface area (Å²) in [4.78, 5) is 18.5. The third kappa shape index (κ3) is 5.22. The number of benzene rings is 3. The molecule has 0 saturated carbocycles. The van der Waals surface area contributed by atoms with E-state index in [-0.39, 0.29) is 12.5 Å². The second kappa shape index (κ2) is 10.9. The zero-order chi connectivity index (χ0) is 23.9. The average Bonchev–Trinajstić information content (AvgIpc) is 2.88. The zero-order valence-corrected chi connectivity index (χ0v) is 19.7. The number of nitrogens with zero attached hydrogens (tertiary/aromatic N) is 2. The van der Waals surface area contributed by atoms with Crippen molar-refractivity contribution in [3.8, 4) is 17.3 Å². The second-order valence-corrected chi connectivity index (χ2v) is 9.58. The first-order valence-electron chi connectivity index (χ1n) is 11.1. The molecule has 1 amide bonds. The van der Waals surface area contributed by atoms with E-state index in [0.29, 0.717) is 23.3 Å². The number of pyridine rings is 1. The van der Waals surface area contributed by atoms with E-state index in [2.05, 4.69) is 11.4 Å². The van der Waals surface area contributed by atoms with Crippen molar-refractivity contribution in [1.82, 2.24) is 10.3 Å². The molecular formula is C28H25N3O2S. The van der Waals surface area contributed by atoms with Crippen molar-refractivity contribution >= 4 is 27.6 Å². The SMILES string of the molecule is CS(=O)CCc1c(-c2ccccc2)nc2ccccc2c1C(=O)NCC(C#N)c1ccccc1. The molecule has 4 aromatic rings. The van der Waals surface area contributed by atoms with Crippen LogP contribution in [0.15, 0.2) is 84.9 Å². The van der Waals surface area contributed by atoms with Gasteiger partial charge >= 0.3 is 0 Å². The molecule has 0 aliphatic heterocycles. The van der Waals surface area contributed by atoms with Gasteiger partial charge in [0.25, 0.3) is 5.91 Å². The fourth-order valence-electron chi connectivity index (χ4n) is 4.04. The summed E-state index contributed by atoms with van der Waals surface area (Å²) in [7, 11) is -1.03. The molecule has 170 valence electrons. The minimum absolute atomic E-state index is 0.190. The third-order valence-electron chi connectivity index (χ3n) is 5.73. The van der Waals surface area contributed by atoms with Crippen LogP contribution >= 0.6 is 0 Å². The highest BCUT2D eigenvalue weighted by Crippen LogP contribution is 2.31. The number of carbonyl (C=O) groups is 1. The first-order valence-corrected chi connectivity index (χ1v) is 12.8. The van der Waals surface area contributed by atoms with Gasteiger partial charge in [0.15, 0.2) is 0 Å². The average molecular weight is 468 g/mol. The van der Waals surface area contributed by atoms with Gasteiger partial charge < -0.3 is 5.32 Å². The minimum atomic E-state index is -1.03. The standard InChI is InChI=1S/C28H25N3O2S/c1-34(33)17-16-24-26(28(32)30-19-22(18-29)20-10-4-2-5-11-20)23-14-8-9-15-25(23)31-27(24)21-12-6-3-7-13-21/h2-15,22H,16-17,19H2,1H3,(H,30,32). The summed E-state index contributed by atoms with van der Waals surface area (Å²) in [5.41, 5.74) is 4.49. The maximum absolute atomic E-state index is 13.6. The molecule has 0 aliphatic carbocycles. The molecule has 0 bridgehead atoms. The van der Waals surface area contributed by atoms with Gasteiger partial charge in [-0.3, -0.25) is 9.00 Å². The second-order valence-electron chi connectivity index (χ2n) is 8.03. The Kier molecular flexibility index (Phi) is 7.46. The van der Waals surface area contributed by atoms with E-state index in [9.17, 15) is 14.3 Å². The zero-order valence-electron chi connectivity index (χ0n) is 18.9. The maximum atomic E-state index is 13.6. The molecule has 0 spiro atoms. The van der Waals surface area contributed by atoms with Gasteiger partial charge in [-0.25, -0.2) is 4.98 Å². The molecule has 0 saturated heterocycles. The highest BCUT2D eigenvalue weighted by atomic mass is 32.2. The summed E-state index contributed by atoms with van der Waals surface area (Å²) in [6, 6.07) is 29.0. The lowest BCUT2D eigenvalue weighted by Gasteiger charge is -2.18. The number of amides is 1. The van der Waals surface area contributed by atoms with E-state index in [0.717, 1.165) is 27.8 Å². The molecule has 2 unspecified atom stereocenters. The number of fused-ring (bicyclic) bond motifs is 1. The molecule has 1 aromatic heterocycles. The Morgan fingerprint density at radius 3 is 2.32 bits per heavy atom. The van der Waals surface area contributed by atoms with Crippen molar-refractivity contribution in [3.63, 3.8) is 0 Å². The fraction of sp³-hybridized carbons (Fsp3) is 0.179. The van der Waals surface area contributed by atoms with E-state index in [1.54, 1.807) is 6.26 Å². The van der Waals surface area contributed by atoms with Crippen molar-refractivity contribution < 1.29 is 9.00 Å². The molecule has 1 heterocycles. The number of rotatable bonds is 8. The predicted molar refractivity (Wildman–Crippen MR) is 137 cm³/mol. The molecule has 4 rings (SSSR count). The van der Waals surface area contributed by atoms with Crippen LogP contribution in [0.25, 0.3) is 22.2 Å². The molecule has 0 aliphatic rings. The van der Waals surface area contributed by atoms with Gasteiger partial charge in [-0.1, -0.05) is 78.9 Å². The van der Waals surface area contributed by atoms with Gasteiger partial charge in [0, 0.05) is 40.3 Å². The number of para-hydroxylation sites is 1. The number of nitrogens with one attached hydrogen (secondary N) is 1. The van der Waals surface area contributed by atoms with Gasteiger partial charge in [0.2, 0.25) is 0 Å². The topological polar surface area (TPSA) is 82.8 Å². The van der Waals surface area contributed by atoms with Crippen LogP contribution < -0.4 is 5.32 Å². The van der Waals surface area contributed by atoms with Crippen molar-refractivity contribution in [3.05, 3.63) is 102 Å². The maximum Gasteiger partial charge on any atom is 0.252 e. The summed E-state index contributed by atoms with van der Waals surface area (Å²) in [5.74, 6) is -0.299. The molecule has 1 N–H and O–H groups in total. The quantitative estimate of drug-likeness (QED) is 0.401. The molecule has 2 atom stereocenters. The largest absolute Gasteiger partial charge is 0.350 e. The summed E-state index contributed by atoms with van der Waals surface area (Å²) in [6.45, 7) is 0.190. The summed E-state index contributed by atoms with van der Waals surface area (Å²) < 4.78 is 12.0. The van der Waals surface area contributed by atoms with Gasteiger partial charge in [0.05, 0.1) is 28.8 Å². The van der Waals surface area contributed by atoms with Crippen LogP contribution in [-0.2, 0) is 17.2 Å². The molecule has 34 heavy (non-hydrogen) atoms. The van der Waals surface area contributed by atoms with E-state index in [1.165, 1.54) is 0 Å². The van der Waals surface area contributed by atoms with Crippen LogP contribution in [0, 0.1) is 11.3 Å². The molecule has 6 heteroatoms. The highest BCUT2D eigenvalue weighted by Gasteiger charge is 2.22. The monoisotopic (exact) mass is 467 g/mol. The van der Waals surface area contributed by atoms with Crippen molar-refractivity contribution in [2.75, 3.05) is 18.6 Å². The van der Waals surface area contributed by atoms with Crippen molar-refractivity contribution in [2.24, 2.45) is 0 Å². The molecule has 0 radical (unpaired) electrons. The van der Waals surface area contributed by atoms with Crippen LogP contribution in [0.1, 0.15) is 27.4 Å². The van der Waals surface area contributed by atoms with Crippen molar-refractivity contribution in [1.29, 1.82) is 5.26 Å². The lowest BCUT2D eigenvalue weighted by molar-refractivity contribution is 0.0953. The summed E-state index contributed by atoms with van der Waals surface area (Å²) in [5, 5.41) is 13.4. The van der Waals surface area contributed by atoms with Crippen LogP contribution in [-0.4, -0.2) is 33.7 Å². The first-order chi connectivity index (χ1) is 16.6. The van der Waals surface area contributed by atoms with E-state index in [4.69, 9.17) is 4.98 Å². The highest BCUT2D eigenvalue weighted by molar-refractivity contribution is 7.84. The molecule has 5 nitrogen and oxygen atoms in total. The number of nitriles is 1. The Morgan fingerprint density at radius 1 is 1.00 bits per heavy atom. The Bertz CT molecular complexity index is 1370. The van der Waals surface area contributed by atoms with Crippen LogP contribution in [0.3, 0.4) is 0 Å². The molecule has 3 aromatic carbocycles. The van der Waals surface area contributed by atoms with Crippen LogP contribution in [0.2, 0.25) is 0 Å². The van der Waals surface area contributed by atoms with Gasteiger partial charge in [-0.2, -0.15) is 5.26 Å². The fourth-order valence-corrected chi connectivity index (χ4v) is 4.53. The van der Waals surface area contributed by atoms with Crippen LogP contribution in [0.4, 0.5) is 0 Å². The number of hydrogen-bond donors (Lipinski definition) is 1. The van der Waals surface area contributed by atoms with E-state index < -0.39 is 16.7 Å². The lowest BCUT2D eigenvalue weighted by Crippen LogP contribution is -2.29. The van der Waals surface area contributed by atoms with E-state index >= 15 is 0 Å². The van der Waals surface area contributed by atoms with Crippen LogP contribution in [0.5, 0.6) is 0 Å². The van der Waals surface area contributed by atoms with Crippen molar-refractivity contribution in [2.45, 2.75) is 12.3 Å². The smallest absolute Gasteiger partial charge is 0.252 e. The van der Waals surface area contributed by atoms with E-state index in [1.807, 2.05) is 84.9 Å². The van der Waals surface area contributed by atoms with Gasteiger partial charge in [0.1, 0.15) is 0 Å². The molecule has 0 fully saturated rings. The number of carbonyl (C=O) groups excluding carboxylic acids is 1. The van der Waals surface area contributed by atoms with Gasteiger partial charge in [-0.15, -0.1) is 0 Å². The summed E-state index contributed by atoms with van der Waals surface area (Å²) in [6.07, 6.45) is 2.11. The third-order valence-corrected chi connectivity index (χ3v) is 6.51.